The van der Waals surface area contributed by atoms with Crippen molar-refractivity contribution < 1.29 is 9.53 Å². The number of amides is 1. The van der Waals surface area contributed by atoms with E-state index in [-0.39, 0.29) is 11.8 Å². The number of nitrogens with zero attached hydrogens (tertiary/aromatic N) is 4. The van der Waals surface area contributed by atoms with Crippen molar-refractivity contribution in [2.45, 2.75) is 32.4 Å². The molecule has 1 amide bonds. The summed E-state index contributed by atoms with van der Waals surface area (Å²) in [6.45, 7) is 4.07. The quantitative estimate of drug-likeness (QED) is 0.866. The highest BCUT2D eigenvalue weighted by Gasteiger charge is 2.46. The van der Waals surface area contributed by atoms with E-state index in [1.54, 1.807) is 7.11 Å². The van der Waals surface area contributed by atoms with Gasteiger partial charge in [0, 0.05) is 19.0 Å². The Balaban J connectivity index is 1.43. The largest absolute Gasteiger partial charge is 0.497 e. The van der Waals surface area contributed by atoms with E-state index in [4.69, 9.17) is 4.74 Å². The van der Waals surface area contributed by atoms with E-state index in [1.165, 1.54) is 5.56 Å². The normalized spacial score (nSPS) is 22.6. The Morgan fingerprint density at radius 1 is 1.22 bits per heavy atom. The molecule has 1 aliphatic carbocycles. The van der Waals surface area contributed by atoms with Crippen molar-refractivity contribution in [3.05, 3.63) is 41.5 Å². The molecule has 0 bridgehead atoms. The standard InChI is InChI=1S/C17H20N4O2/c1-11-18-19-16-10-20(7-8-21(11)16)17(22)15-9-14(15)12-3-5-13(23-2)6-4-12/h3-6,14-15H,7-10H2,1-2H3/t14-,15+/m1/s1. The number of ether oxygens (including phenoxy) is 1. The summed E-state index contributed by atoms with van der Waals surface area (Å²) in [5.74, 6) is 3.37. The third kappa shape index (κ3) is 2.48. The van der Waals surface area contributed by atoms with E-state index in [1.807, 2.05) is 24.0 Å². The zero-order chi connectivity index (χ0) is 16.0. The van der Waals surface area contributed by atoms with Gasteiger partial charge in [-0.3, -0.25) is 4.79 Å². The van der Waals surface area contributed by atoms with Gasteiger partial charge in [0.05, 0.1) is 13.7 Å². The van der Waals surface area contributed by atoms with Gasteiger partial charge in [-0.05, 0) is 37.0 Å². The molecular formula is C17H20N4O2. The molecule has 2 aromatic rings. The SMILES string of the molecule is COc1ccc([C@H]2C[C@@H]2C(=O)N2CCn3c(C)nnc3C2)cc1. The van der Waals surface area contributed by atoms with Crippen LogP contribution in [-0.4, -0.2) is 39.2 Å². The first kappa shape index (κ1) is 14.2. The Kier molecular flexibility index (Phi) is 3.32. The molecule has 1 aliphatic heterocycles. The fourth-order valence-electron chi connectivity index (χ4n) is 3.41. The van der Waals surface area contributed by atoms with Crippen molar-refractivity contribution >= 4 is 5.91 Å². The highest BCUT2D eigenvalue weighted by Crippen LogP contribution is 2.49. The van der Waals surface area contributed by atoms with Crippen molar-refractivity contribution in [2.75, 3.05) is 13.7 Å². The molecule has 6 nitrogen and oxygen atoms in total. The molecule has 0 saturated heterocycles. The van der Waals surface area contributed by atoms with Gasteiger partial charge < -0.3 is 14.2 Å². The first-order chi connectivity index (χ1) is 11.2. The second-order valence-electron chi connectivity index (χ2n) is 6.30. The molecule has 0 radical (unpaired) electrons. The number of hydrogen-bond acceptors (Lipinski definition) is 4. The molecule has 2 atom stereocenters. The van der Waals surface area contributed by atoms with E-state index in [2.05, 4.69) is 26.9 Å². The van der Waals surface area contributed by atoms with Crippen LogP contribution in [0.1, 0.15) is 29.6 Å². The van der Waals surface area contributed by atoms with Crippen LogP contribution in [0.5, 0.6) is 5.75 Å². The number of carbonyl (C=O) groups is 1. The van der Waals surface area contributed by atoms with E-state index in [0.717, 1.165) is 36.9 Å². The Bertz CT molecular complexity index is 738. The van der Waals surface area contributed by atoms with Gasteiger partial charge in [-0.2, -0.15) is 0 Å². The van der Waals surface area contributed by atoms with Gasteiger partial charge in [-0.1, -0.05) is 12.1 Å². The van der Waals surface area contributed by atoms with Gasteiger partial charge >= 0.3 is 0 Å². The van der Waals surface area contributed by atoms with Crippen molar-refractivity contribution in [3.8, 4) is 5.75 Å². The minimum Gasteiger partial charge on any atom is -0.497 e. The van der Waals surface area contributed by atoms with E-state index in [0.29, 0.717) is 12.5 Å². The maximum atomic E-state index is 12.7. The Morgan fingerprint density at radius 3 is 2.74 bits per heavy atom. The van der Waals surface area contributed by atoms with E-state index in [9.17, 15) is 4.79 Å². The van der Waals surface area contributed by atoms with Crippen LogP contribution < -0.4 is 4.74 Å². The number of aryl methyl sites for hydroxylation is 1. The summed E-state index contributed by atoms with van der Waals surface area (Å²) in [5, 5.41) is 8.26. The summed E-state index contributed by atoms with van der Waals surface area (Å²) in [6.07, 6.45) is 0.938. The van der Waals surface area contributed by atoms with Crippen molar-refractivity contribution in [2.24, 2.45) is 5.92 Å². The second kappa shape index (κ2) is 5.37. The molecule has 1 aromatic heterocycles. The summed E-state index contributed by atoms with van der Waals surface area (Å²) in [4.78, 5) is 14.7. The zero-order valence-corrected chi connectivity index (χ0v) is 13.4. The molecule has 1 aromatic carbocycles. The summed E-state index contributed by atoms with van der Waals surface area (Å²) in [5.41, 5.74) is 1.22. The predicted molar refractivity (Wildman–Crippen MR) is 84.0 cm³/mol. The van der Waals surface area contributed by atoms with Gasteiger partial charge in [-0.15, -0.1) is 10.2 Å². The Hall–Kier alpha value is -2.37. The lowest BCUT2D eigenvalue weighted by atomic mass is 10.1. The number of rotatable bonds is 3. The maximum Gasteiger partial charge on any atom is 0.226 e. The summed E-state index contributed by atoms with van der Waals surface area (Å²) >= 11 is 0. The van der Waals surface area contributed by atoms with Crippen LogP contribution >= 0.6 is 0 Å². The van der Waals surface area contributed by atoms with Crippen LogP contribution in [0.4, 0.5) is 0 Å². The Morgan fingerprint density at radius 2 is 2.00 bits per heavy atom. The number of methoxy groups -OCH3 is 1. The van der Waals surface area contributed by atoms with Gasteiger partial charge in [-0.25, -0.2) is 0 Å². The molecule has 2 heterocycles. The van der Waals surface area contributed by atoms with Crippen LogP contribution in [0.25, 0.3) is 0 Å². The zero-order valence-electron chi connectivity index (χ0n) is 13.4. The van der Waals surface area contributed by atoms with Gasteiger partial charge in [0.1, 0.15) is 11.6 Å². The molecule has 1 fully saturated rings. The highest BCUT2D eigenvalue weighted by atomic mass is 16.5. The number of hydrogen-bond donors (Lipinski definition) is 0. The monoisotopic (exact) mass is 312 g/mol. The topological polar surface area (TPSA) is 60.2 Å². The molecule has 120 valence electrons. The average molecular weight is 312 g/mol. The summed E-state index contributed by atoms with van der Waals surface area (Å²) in [6, 6.07) is 8.04. The molecular weight excluding hydrogens is 292 g/mol. The molecule has 0 spiro atoms. The fourth-order valence-corrected chi connectivity index (χ4v) is 3.41. The summed E-state index contributed by atoms with van der Waals surface area (Å²) in [7, 11) is 1.66. The number of benzene rings is 1. The van der Waals surface area contributed by atoms with Crippen molar-refractivity contribution in [1.82, 2.24) is 19.7 Å². The first-order valence-electron chi connectivity index (χ1n) is 7.99. The molecule has 6 heteroatoms. The number of aromatic nitrogens is 3. The average Bonchev–Trinajstić information content (AvgIpc) is 3.31. The van der Waals surface area contributed by atoms with E-state index >= 15 is 0 Å². The van der Waals surface area contributed by atoms with Gasteiger partial charge in [0.2, 0.25) is 5.91 Å². The number of carbonyl (C=O) groups excluding carboxylic acids is 1. The van der Waals surface area contributed by atoms with Crippen LogP contribution in [0.2, 0.25) is 0 Å². The molecule has 4 rings (SSSR count). The van der Waals surface area contributed by atoms with Crippen LogP contribution in [0, 0.1) is 12.8 Å². The maximum absolute atomic E-state index is 12.7. The first-order valence-corrected chi connectivity index (χ1v) is 7.99. The fraction of sp³-hybridized carbons (Fsp3) is 0.471. The lowest BCUT2D eigenvalue weighted by Crippen LogP contribution is -2.39. The van der Waals surface area contributed by atoms with Gasteiger partial charge in [0.15, 0.2) is 5.82 Å². The smallest absolute Gasteiger partial charge is 0.226 e. The molecule has 0 N–H and O–H groups in total. The lowest BCUT2D eigenvalue weighted by molar-refractivity contribution is -0.134. The highest BCUT2D eigenvalue weighted by molar-refractivity contribution is 5.83. The minimum atomic E-state index is 0.110. The van der Waals surface area contributed by atoms with E-state index < -0.39 is 0 Å². The lowest BCUT2D eigenvalue weighted by Gasteiger charge is -2.27. The van der Waals surface area contributed by atoms with Crippen LogP contribution in [0.3, 0.4) is 0 Å². The van der Waals surface area contributed by atoms with Crippen molar-refractivity contribution in [1.29, 1.82) is 0 Å². The molecule has 0 unspecified atom stereocenters. The third-order valence-electron chi connectivity index (χ3n) is 4.90. The van der Waals surface area contributed by atoms with Crippen LogP contribution in [0.15, 0.2) is 24.3 Å². The third-order valence-corrected chi connectivity index (χ3v) is 4.90. The van der Waals surface area contributed by atoms with Crippen LogP contribution in [-0.2, 0) is 17.9 Å². The molecule has 1 saturated carbocycles. The Labute approximate surface area is 135 Å². The number of fused-ring (bicyclic) bond motifs is 1. The molecule has 23 heavy (non-hydrogen) atoms. The van der Waals surface area contributed by atoms with Gasteiger partial charge in [0.25, 0.3) is 0 Å². The summed E-state index contributed by atoms with van der Waals surface area (Å²) < 4.78 is 7.28. The van der Waals surface area contributed by atoms with Crippen molar-refractivity contribution in [3.63, 3.8) is 0 Å². The second-order valence-corrected chi connectivity index (χ2v) is 6.30. The minimum absolute atomic E-state index is 0.110. The predicted octanol–water partition coefficient (Wildman–Crippen LogP) is 1.74. The molecule has 2 aliphatic rings.